The first-order valence-electron chi connectivity index (χ1n) is 4.81. The van der Waals surface area contributed by atoms with Crippen LogP contribution in [0.25, 0.3) is 0 Å². The van der Waals surface area contributed by atoms with E-state index >= 15 is 0 Å². The van der Waals surface area contributed by atoms with Gasteiger partial charge in [0.2, 0.25) is 0 Å². The summed E-state index contributed by atoms with van der Waals surface area (Å²) in [6, 6.07) is 6.47. The van der Waals surface area contributed by atoms with Crippen molar-refractivity contribution in [1.29, 1.82) is 0 Å². The Morgan fingerprint density at radius 3 is 3.21 bits per heavy atom. The zero-order valence-corrected chi connectivity index (χ0v) is 9.14. The van der Waals surface area contributed by atoms with Crippen molar-refractivity contribution >= 4 is 11.8 Å². The Morgan fingerprint density at radius 1 is 1.57 bits per heavy atom. The van der Waals surface area contributed by atoms with Gasteiger partial charge in [-0.1, -0.05) is 12.1 Å². The molecule has 1 atom stereocenters. The second-order valence-electron chi connectivity index (χ2n) is 3.53. The third-order valence-electron chi connectivity index (χ3n) is 2.49. The van der Waals surface area contributed by atoms with E-state index in [-0.39, 0.29) is 6.04 Å². The Kier molecular flexibility index (Phi) is 2.99. The molecule has 0 aromatic heterocycles. The van der Waals surface area contributed by atoms with Gasteiger partial charge in [-0.3, -0.25) is 0 Å². The molecule has 0 saturated heterocycles. The second-order valence-corrected chi connectivity index (χ2v) is 4.44. The molecule has 2 N–H and O–H groups in total. The summed E-state index contributed by atoms with van der Waals surface area (Å²) in [7, 11) is 0. The number of thioether (sulfide) groups is 1. The molecule has 1 unspecified atom stereocenters. The van der Waals surface area contributed by atoms with Gasteiger partial charge < -0.3 is 10.5 Å². The molecular formula is C11H15NOS. The minimum Gasteiger partial charge on any atom is -0.493 e. The number of rotatable bonds is 3. The summed E-state index contributed by atoms with van der Waals surface area (Å²) >= 11 is 1.77. The molecule has 0 radical (unpaired) electrons. The molecule has 2 nitrogen and oxygen atoms in total. The summed E-state index contributed by atoms with van der Waals surface area (Å²) in [5.41, 5.74) is 8.51. The van der Waals surface area contributed by atoms with Gasteiger partial charge in [0, 0.05) is 18.2 Å². The Hall–Kier alpha value is -0.670. The fourth-order valence-electron chi connectivity index (χ4n) is 1.69. The number of nitrogens with two attached hydrogens (primary N) is 1. The molecule has 3 heteroatoms. The molecule has 1 aliphatic rings. The number of hydrogen-bond donors (Lipinski definition) is 1. The molecule has 76 valence electrons. The highest BCUT2D eigenvalue weighted by Crippen LogP contribution is 2.28. The molecule has 0 aliphatic carbocycles. The van der Waals surface area contributed by atoms with E-state index in [1.165, 1.54) is 11.1 Å². The number of fused-ring (bicyclic) bond motifs is 1. The average Bonchev–Trinajstić information content (AvgIpc) is 2.64. The molecular weight excluding hydrogens is 194 g/mol. The largest absolute Gasteiger partial charge is 0.493 e. The number of ether oxygens (including phenoxy) is 1. The van der Waals surface area contributed by atoms with Crippen LogP contribution in [0.4, 0.5) is 0 Å². The van der Waals surface area contributed by atoms with E-state index < -0.39 is 0 Å². The lowest BCUT2D eigenvalue weighted by Crippen LogP contribution is -2.12. The van der Waals surface area contributed by atoms with Gasteiger partial charge in [-0.15, -0.1) is 0 Å². The van der Waals surface area contributed by atoms with Gasteiger partial charge in [-0.05, 0) is 23.4 Å². The minimum atomic E-state index is 0.125. The van der Waals surface area contributed by atoms with E-state index in [2.05, 4.69) is 24.5 Å². The van der Waals surface area contributed by atoms with Gasteiger partial charge in [-0.2, -0.15) is 11.8 Å². The SMILES string of the molecule is CSCC(N)c1ccc2c(c1)OCC2. The van der Waals surface area contributed by atoms with Crippen LogP contribution in [0, 0.1) is 0 Å². The maximum atomic E-state index is 6.02. The van der Waals surface area contributed by atoms with E-state index in [1.54, 1.807) is 11.8 Å². The highest BCUT2D eigenvalue weighted by Gasteiger charge is 2.14. The average molecular weight is 209 g/mol. The molecule has 0 amide bonds. The normalized spacial score (nSPS) is 16.1. The summed E-state index contributed by atoms with van der Waals surface area (Å²) in [5.74, 6) is 1.98. The van der Waals surface area contributed by atoms with Crippen molar-refractivity contribution in [2.75, 3.05) is 18.6 Å². The molecule has 1 aliphatic heterocycles. The third kappa shape index (κ3) is 1.88. The van der Waals surface area contributed by atoms with Crippen molar-refractivity contribution < 1.29 is 4.74 Å². The topological polar surface area (TPSA) is 35.2 Å². The first-order valence-corrected chi connectivity index (χ1v) is 6.21. The van der Waals surface area contributed by atoms with Gasteiger partial charge in [0.25, 0.3) is 0 Å². The Balaban J connectivity index is 2.19. The summed E-state index contributed by atoms with van der Waals surface area (Å²) in [5, 5.41) is 0. The van der Waals surface area contributed by atoms with E-state index in [9.17, 15) is 0 Å². The monoisotopic (exact) mass is 209 g/mol. The van der Waals surface area contributed by atoms with E-state index in [0.717, 1.165) is 24.5 Å². The minimum absolute atomic E-state index is 0.125. The highest BCUT2D eigenvalue weighted by atomic mass is 32.2. The molecule has 1 heterocycles. The van der Waals surface area contributed by atoms with Crippen molar-refractivity contribution in [3.05, 3.63) is 29.3 Å². The van der Waals surface area contributed by atoms with Crippen LogP contribution in [0.5, 0.6) is 5.75 Å². The first-order chi connectivity index (χ1) is 6.81. The molecule has 0 bridgehead atoms. The van der Waals surface area contributed by atoms with E-state index in [1.807, 2.05) is 0 Å². The van der Waals surface area contributed by atoms with Gasteiger partial charge in [0.05, 0.1) is 6.61 Å². The lowest BCUT2D eigenvalue weighted by molar-refractivity contribution is 0.356. The summed E-state index contributed by atoms with van der Waals surface area (Å²) in [4.78, 5) is 0. The smallest absolute Gasteiger partial charge is 0.122 e. The zero-order chi connectivity index (χ0) is 9.97. The molecule has 1 aromatic rings. The number of benzene rings is 1. The molecule has 0 saturated carbocycles. The molecule has 1 aromatic carbocycles. The highest BCUT2D eigenvalue weighted by molar-refractivity contribution is 7.98. The van der Waals surface area contributed by atoms with E-state index in [4.69, 9.17) is 10.5 Å². The maximum Gasteiger partial charge on any atom is 0.122 e. The van der Waals surface area contributed by atoms with Gasteiger partial charge >= 0.3 is 0 Å². The molecule has 0 fully saturated rings. The quantitative estimate of drug-likeness (QED) is 0.826. The zero-order valence-electron chi connectivity index (χ0n) is 8.32. The lowest BCUT2D eigenvalue weighted by atomic mass is 10.1. The Morgan fingerprint density at radius 2 is 2.43 bits per heavy atom. The van der Waals surface area contributed by atoms with Crippen LogP contribution in [0.1, 0.15) is 17.2 Å². The van der Waals surface area contributed by atoms with Gasteiger partial charge in [0.1, 0.15) is 5.75 Å². The molecule has 2 rings (SSSR count). The predicted molar refractivity (Wildman–Crippen MR) is 61.0 cm³/mol. The Labute approximate surface area is 88.8 Å². The first kappa shape index (κ1) is 9.87. The summed E-state index contributed by atoms with van der Waals surface area (Å²) in [6.07, 6.45) is 3.11. The van der Waals surface area contributed by atoms with Crippen LogP contribution in [0.3, 0.4) is 0 Å². The lowest BCUT2D eigenvalue weighted by Gasteiger charge is -2.11. The third-order valence-corrected chi connectivity index (χ3v) is 3.19. The van der Waals surface area contributed by atoms with Crippen LogP contribution < -0.4 is 10.5 Å². The van der Waals surface area contributed by atoms with Crippen LogP contribution in [0.15, 0.2) is 18.2 Å². The van der Waals surface area contributed by atoms with Crippen molar-refractivity contribution in [1.82, 2.24) is 0 Å². The Bertz CT molecular complexity index is 327. The van der Waals surface area contributed by atoms with Crippen LogP contribution in [-0.2, 0) is 6.42 Å². The molecule has 0 spiro atoms. The standard InChI is InChI=1S/C11H15NOS/c1-14-7-10(12)9-3-2-8-4-5-13-11(8)6-9/h2-3,6,10H,4-5,7,12H2,1H3. The van der Waals surface area contributed by atoms with Gasteiger partial charge in [0.15, 0.2) is 0 Å². The van der Waals surface area contributed by atoms with E-state index in [0.29, 0.717) is 0 Å². The molecule has 14 heavy (non-hydrogen) atoms. The summed E-state index contributed by atoms with van der Waals surface area (Å²) < 4.78 is 5.51. The second kappa shape index (κ2) is 4.24. The van der Waals surface area contributed by atoms with Crippen molar-refractivity contribution in [3.8, 4) is 5.75 Å². The van der Waals surface area contributed by atoms with Crippen molar-refractivity contribution in [3.63, 3.8) is 0 Å². The van der Waals surface area contributed by atoms with Crippen LogP contribution in [0.2, 0.25) is 0 Å². The van der Waals surface area contributed by atoms with Crippen molar-refractivity contribution in [2.45, 2.75) is 12.5 Å². The number of hydrogen-bond acceptors (Lipinski definition) is 3. The van der Waals surface area contributed by atoms with Gasteiger partial charge in [-0.25, -0.2) is 0 Å². The fourth-order valence-corrected chi connectivity index (χ4v) is 2.24. The van der Waals surface area contributed by atoms with Crippen molar-refractivity contribution in [2.24, 2.45) is 5.73 Å². The fraction of sp³-hybridized carbons (Fsp3) is 0.455. The van der Waals surface area contributed by atoms with Crippen LogP contribution >= 0.6 is 11.8 Å². The predicted octanol–water partition coefficient (Wildman–Crippen LogP) is 1.98. The maximum absolute atomic E-state index is 6.02. The summed E-state index contributed by atoms with van der Waals surface area (Å²) in [6.45, 7) is 0.816. The van der Waals surface area contributed by atoms with Crippen LogP contribution in [-0.4, -0.2) is 18.6 Å².